The minimum atomic E-state index is 0.532. The first-order valence-electron chi connectivity index (χ1n) is 4.28. The number of rotatable bonds is 2. The van der Waals surface area contributed by atoms with Crippen LogP contribution in [0.2, 0.25) is 5.02 Å². The fourth-order valence-electron chi connectivity index (χ4n) is 1.29. The number of aromatic nitrogens is 1. The van der Waals surface area contributed by atoms with Gasteiger partial charge in [0.25, 0.3) is 0 Å². The van der Waals surface area contributed by atoms with Crippen LogP contribution in [0.3, 0.4) is 0 Å². The van der Waals surface area contributed by atoms with E-state index in [-0.39, 0.29) is 0 Å². The maximum atomic E-state index is 5.94. The van der Waals surface area contributed by atoms with E-state index in [0.29, 0.717) is 21.1 Å². The molecule has 0 saturated heterocycles. The Bertz CT molecular complexity index is 528. The molecule has 0 N–H and O–H groups in total. The lowest BCUT2D eigenvalue weighted by molar-refractivity contribution is 0.399. The quantitative estimate of drug-likeness (QED) is 0.782. The van der Waals surface area contributed by atoms with Gasteiger partial charge in [0, 0.05) is 10.6 Å². The van der Waals surface area contributed by atoms with Crippen LogP contribution in [0.5, 0.6) is 5.75 Å². The van der Waals surface area contributed by atoms with Crippen molar-refractivity contribution < 1.29 is 9.26 Å². The molecular formula is C10H6Br2ClNO2. The Morgan fingerprint density at radius 1 is 1.38 bits per heavy atom. The van der Waals surface area contributed by atoms with Gasteiger partial charge in [0.1, 0.15) is 15.9 Å². The zero-order valence-corrected chi connectivity index (χ0v) is 12.1. The molecule has 1 aromatic heterocycles. The average Bonchev–Trinajstić information content (AvgIpc) is 2.60. The lowest BCUT2D eigenvalue weighted by Gasteiger charge is -2.06. The van der Waals surface area contributed by atoms with E-state index in [9.17, 15) is 0 Å². The van der Waals surface area contributed by atoms with Gasteiger partial charge in [-0.25, -0.2) is 0 Å². The average molecular weight is 367 g/mol. The highest BCUT2D eigenvalue weighted by Gasteiger charge is 2.17. The van der Waals surface area contributed by atoms with Gasteiger partial charge in [-0.05, 0) is 50.1 Å². The van der Waals surface area contributed by atoms with Crippen molar-refractivity contribution in [2.75, 3.05) is 7.11 Å². The van der Waals surface area contributed by atoms with Gasteiger partial charge in [0.2, 0.25) is 4.67 Å². The molecule has 0 saturated carbocycles. The number of benzene rings is 1. The zero-order chi connectivity index (χ0) is 11.7. The summed E-state index contributed by atoms with van der Waals surface area (Å²) >= 11 is 12.5. The van der Waals surface area contributed by atoms with Gasteiger partial charge in [0.15, 0.2) is 0 Å². The van der Waals surface area contributed by atoms with Gasteiger partial charge in [-0.1, -0.05) is 16.8 Å². The summed E-state index contributed by atoms with van der Waals surface area (Å²) in [5, 5.41) is 4.54. The molecule has 2 aromatic rings. The number of halogens is 3. The maximum Gasteiger partial charge on any atom is 0.216 e. The topological polar surface area (TPSA) is 35.3 Å². The van der Waals surface area contributed by atoms with Crippen LogP contribution in [-0.4, -0.2) is 12.3 Å². The van der Waals surface area contributed by atoms with Crippen molar-refractivity contribution in [3.63, 3.8) is 0 Å². The lowest BCUT2D eigenvalue weighted by Crippen LogP contribution is -1.88. The number of methoxy groups -OCH3 is 1. The SMILES string of the molecule is COc1ccc(Cl)cc1-c1noc(Br)c1Br. The molecule has 16 heavy (non-hydrogen) atoms. The second-order valence-electron chi connectivity index (χ2n) is 2.96. The second kappa shape index (κ2) is 4.77. The number of hydrogen-bond acceptors (Lipinski definition) is 3. The Hall–Kier alpha value is -0.520. The Balaban J connectivity index is 2.62. The third-order valence-electron chi connectivity index (χ3n) is 2.01. The van der Waals surface area contributed by atoms with Crippen LogP contribution >= 0.6 is 43.5 Å². The molecule has 0 atom stereocenters. The summed E-state index contributed by atoms with van der Waals surface area (Å²) in [6.45, 7) is 0. The molecule has 1 aromatic carbocycles. The van der Waals surface area contributed by atoms with Crippen LogP contribution < -0.4 is 4.74 Å². The van der Waals surface area contributed by atoms with Crippen molar-refractivity contribution in [2.24, 2.45) is 0 Å². The highest BCUT2D eigenvalue weighted by atomic mass is 79.9. The van der Waals surface area contributed by atoms with E-state index >= 15 is 0 Å². The molecule has 0 aliphatic heterocycles. The van der Waals surface area contributed by atoms with Gasteiger partial charge in [-0.3, -0.25) is 0 Å². The van der Waals surface area contributed by atoms with Crippen LogP contribution in [0.15, 0.2) is 31.9 Å². The van der Waals surface area contributed by atoms with E-state index < -0.39 is 0 Å². The van der Waals surface area contributed by atoms with Crippen LogP contribution in [0, 0.1) is 0 Å². The predicted molar refractivity (Wildman–Crippen MR) is 68.9 cm³/mol. The molecule has 0 aliphatic carbocycles. The minimum Gasteiger partial charge on any atom is -0.496 e. The molecule has 84 valence electrons. The van der Waals surface area contributed by atoms with Crippen molar-refractivity contribution in [2.45, 2.75) is 0 Å². The molecule has 2 rings (SSSR count). The predicted octanol–water partition coefficient (Wildman–Crippen LogP) is 4.53. The van der Waals surface area contributed by atoms with Crippen LogP contribution in [0.25, 0.3) is 11.3 Å². The van der Waals surface area contributed by atoms with Crippen molar-refractivity contribution in [3.8, 4) is 17.0 Å². The molecule has 3 nitrogen and oxygen atoms in total. The van der Waals surface area contributed by atoms with E-state index in [4.69, 9.17) is 20.9 Å². The monoisotopic (exact) mass is 365 g/mol. The van der Waals surface area contributed by atoms with Gasteiger partial charge in [0.05, 0.1) is 7.11 Å². The molecule has 6 heteroatoms. The van der Waals surface area contributed by atoms with Gasteiger partial charge in [-0.15, -0.1) is 0 Å². The molecule has 0 unspecified atom stereocenters. The zero-order valence-electron chi connectivity index (χ0n) is 8.13. The van der Waals surface area contributed by atoms with Crippen LogP contribution in [0.4, 0.5) is 0 Å². The minimum absolute atomic E-state index is 0.532. The Morgan fingerprint density at radius 2 is 2.12 bits per heavy atom. The van der Waals surface area contributed by atoms with Gasteiger partial charge in [-0.2, -0.15) is 0 Å². The summed E-state index contributed by atoms with van der Waals surface area (Å²) < 4.78 is 11.5. The smallest absolute Gasteiger partial charge is 0.216 e. The van der Waals surface area contributed by atoms with E-state index in [1.165, 1.54) is 0 Å². The molecular weight excluding hydrogens is 361 g/mol. The Morgan fingerprint density at radius 3 is 2.69 bits per heavy atom. The Kier molecular flexibility index (Phi) is 3.56. The fraction of sp³-hybridized carbons (Fsp3) is 0.100. The standard InChI is InChI=1S/C10H6Br2ClNO2/c1-15-7-3-2-5(13)4-6(7)9-8(11)10(12)16-14-9/h2-4H,1H3. The van der Waals surface area contributed by atoms with E-state index in [0.717, 1.165) is 10.0 Å². The highest BCUT2D eigenvalue weighted by molar-refractivity contribution is 9.13. The third-order valence-corrected chi connectivity index (χ3v) is 4.06. The van der Waals surface area contributed by atoms with E-state index in [2.05, 4.69) is 37.0 Å². The molecule has 0 amide bonds. The normalized spacial score (nSPS) is 10.5. The molecule has 1 heterocycles. The Labute approximate surface area is 114 Å². The first-order valence-corrected chi connectivity index (χ1v) is 6.24. The summed E-state index contributed by atoms with van der Waals surface area (Å²) in [4.78, 5) is 0. The molecule has 0 spiro atoms. The van der Waals surface area contributed by atoms with Crippen LogP contribution in [0.1, 0.15) is 0 Å². The summed E-state index contributed by atoms with van der Waals surface area (Å²) in [7, 11) is 1.59. The highest BCUT2D eigenvalue weighted by Crippen LogP contribution is 2.39. The first-order chi connectivity index (χ1) is 7.63. The van der Waals surface area contributed by atoms with Gasteiger partial charge >= 0.3 is 0 Å². The first kappa shape index (κ1) is 12.0. The fourth-order valence-corrected chi connectivity index (χ4v) is 2.08. The van der Waals surface area contributed by atoms with E-state index in [1.54, 1.807) is 25.3 Å². The van der Waals surface area contributed by atoms with E-state index in [1.807, 2.05) is 0 Å². The summed E-state index contributed by atoms with van der Waals surface area (Å²) in [6.07, 6.45) is 0. The summed E-state index contributed by atoms with van der Waals surface area (Å²) in [6, 6.07) is 5.31. The van der Waals surface area contributed by atoms with Crippen molar-refractivity contribution in [1.29, 1.82) is 0 Å². The molecule has 0 fully saturated rings. The number of ether oxygens (including phenoxy) is 1. The lowest BCUT2D eigenvalue weighted by atomic mass is 10.1. The van der Waals surface area contributed by atoms with Crippen molar-refractivity contribution in [3.05, 3.63) is 32.4 Å². The third kappa shape index (κ3) is 2.12. The van der Waals surface area contributed by atoms with Crippen molar-refractivity contribution >= 4 is 43.5 Å². The molecule has 0 bridgehead atoms. The summed E-state index contributed by atoms with van der Waals surface area (Å²) in [5.41, 5.74) is 1.42. The second-order valence-corrected chi connectivity index (χ2v) is 4.91. The maximum absolute atomic E-state index is 5.94. The largest absolute Gasteiger partial charge is 0.496 e. The van der Waals surface area contributed by atoms with Crippen molar-refractivity contribution in [1.82, 2.24) is 5.16 Å². The van der Waals surface area contributed by atoms with Crippen LogP contribution in [-0.2, 0) is 0 Å². The molecule has 0 radical (unpaired) electrons. The van der Waals surface area contributed by atoms with Gasteiger partial charge < -0.3 is 9.26 Å². The molecule has 0 aliphatic rings. The summed E-state index contributed by atoms with van der Waals surface area (Å²) in [5.74, 6) is 0.686. The number of hydrogen-bond donors (Lipinski definition) is 0. The number of nitrogens with zero attached hydrogens (tertiary/aromatic N) is 1.